The molecule has 8 heteroatoms. The van der Waals surface area contributed by atoms with Gasteiger partial charge in [-0.25, -0.2) is 4.98 Å². The molecular formula is C16H16N6O2. The maximum atomic E-state index is 12.5. The maximum absolute atomic E-state index is 12.5. The van der Waals surface area contributed by atoms with Gasteiger partial charge < -0.3 is 14.0 Å². The van der Waals surface area contributed by atoms with E-state index in [1.165, 1.54) is 0 Å². The van der Waals surface area contributed by atoms with Crippen LogP contribution in [-0.4, -0.2) is 42.0 Å². The molecule has 0 bridgehead atoms. The van der Waals surface area contributed by atoms with Crippen LogP contribution < -0.4 is 0 Å². The van der Waals surface area contributed by atoms with E-state index in [4.69, 9.17) is 4.52 Å². The quantitative estimate of drug-likeness (QED) is 0.725. The lowest BCUT2D eigenvalue weighted by Gasteiger charge is -2.21. The predicted molar refractivity (Wildman–Crippen MR) is 83.4 cm³/mol. The minimum absolute atomic E-state index is 0.0214. The summed E-state index contributed by atoms with van der Waals surface area (Å²) in [6.45, 7) is 0.956. The number of pyridine rings is 1. The summed E-state index contributed by atoms with van der Waals surface area (Å²) in [6, 6.07) is 5.35. The fourth-order valence-electron chi connectivity index (χ4n) is 2.92. The first-order chi connectivity index (χ1) is 11.8. The summed E-state index contributed by atoms with van der Waals surface area (Å²) >= 11 is 0. The van der Waals surface area contributed by atoms with Crippen LogP contribution >= 0.6 is 0 Å². The molecule has 1 amide bonds. The van der Waals surface area contributed by atoms with E-state index in [1.54, 1.807) is 34.4 Å². The average molecular weight is 324 g/mol. The number of aromatic nitrogens is 5. The Hall–Kier alpha value is -3.03. The molecule has 0 radical (unpaired) electrons. The van der Waals surface area contributed by atoms with Gasteiger partial charge in [-0.2, -0.15) is 4.98 Å². The zero-order chi connectivity index (χ0) is 16.4. The molecule has 3 aromatic rings. The molecule has 1 aliphatic heterocycles. The van der Waals surface area contributed by atoms with E-state index in [2.05, 4.69) is 20.1 Å². The van der Waals surface area contributed by atoms with Crippen LogP contribution in [0.25, 0.3) is 11.5 Å². The van der Waals surface area contributed by atoms with Crippen molar-refractivity contribution in [1.82, 2.24) is 29.6 Å². The van der Waals surface area contributed by atoms with Crippen LogP contribution in [0.1, 0.15) is 24.8 Å². The second-order valence-electron chi connectivity index (χ2n) is 5.65. The monoisotopic (exact) mass is 324 g/mol. The largest absolute Gasteiger partial charge is 0.337 e. The van der Waals surface area contributed by atoms with Gasteiger partial charge in [0.05, 0.1) is 6.33 Å². The highest BCUT2D eigenvalue weighted by atomic mass is 16.5. The van der Waals surface area contributed by atoms with Gasteiger partial charge in [0.2, 0.25) is 17.6 Å². The van der Waals surface area contributed by atoms with Gasteiger partial charge in [-0.15, -0.1) is 0 Å². The molecule has 0 aromatic carbocycles. The highest BCUT2D eigenvalue weighted by Gasteiger charge is 2.34. The Morgan fingerprint density at radius 3 is 3.08 bits per heavy atom. The molecule has 1 fully saturated rings. The third-order valence-corrected chi connectivity index (χ3v) is 4.07. The zero-order valence-corrected chi connectivity index (χ0v) is 12.9. The molecule has 4 heterocycles. The smallest absolute Gasteiger partial charge is 0.249 e. The molecule has 3 aromatic heterocycles. The van der Waals surface area contributed by atoms with Gasteiger partial charge in [0.15, 0.2) is 0 Å². The summed E-state index contributed by atoms with van der Waals surface area (Å²) in [6.07, 6.45) is 8.48. The number of rotatable bonds is 4. The van der Waals surface area contributed by atoms with Gasteiger partial charge in [-0.05, 0) is 25.0 Å². The van der Waals surface area contributed by atoms with Crippen LogP contribution in [0.5, 0.6) is 0 Å². The van der Waals surface area contributed by atoms with Gasteiger partial charge >= 0.3 is 0 Å². The number of likely N-dealkylation sites (tertiary alicyclic amines) is 1. The van der Waals surface area contributed by atoms with Crippen molar-refractivity contribution >= 4 is 5.91 Å². The molecule has 0 saturated carbocycles. The Bertz CT molecular complexity index is 814. The Kier molecular flexibility index (Phi) is 3.78. The first-order valence-corrected chi connectivity index (χ1v) is 7.81. The van der Waals surface area contributed by atoms with Crippen LogP contribution in [0, 0.1) is 0 Å². The van der Waals surface area contributed by atoms with Crippen molar-refractivity contribution in [2.75, 3.05) is 6.54 Å². The summed E-state index contributed by atoms with van der Waals surface area (Å²) in [7, 11) is 0. The van der Waals surface area contributed by atoms with Crippen molar-refractivity contribution in [3.05, 3.63) is 49.0 Å². The summed E-state index contributed by atoms with van der Waals surface area (Å²) < 4.78 is 7.16. The third kappa shape index (κ3) is 2.78. The molecule has 1 aliphatic rings. The molecule has 1 saturated heterocycles. The van der Waals surface area contributed by atoms with Gasteiger partial charge in [0, 0.05) is 25.1 Å². The van der Waals surface area contributed by atoms with Gasteiger partial charge in [0.1, 0.15) is 18.3 Å². The van der Waals surface area contributed by atoms with Crippen LogP contribution in [0.15, 0.2) is 47.6 Å². The molecule has 8 nitrogen and oxygen atoms in total. The molecule has 0 N–H and O–H groups in total. The Labute approximate surface area is 138 Å². The molecule has 0 spiro atoms. The second kappa shape index (κ2) is 6.23. The topological polar surface area (TPSA) is 89.9 Å². The Balaban J connectivity index is 1.53. The normalized spacial score (nSPS) is 17.3. The van der Waals surface area contributed by atoms with Crippen LogP contribution in [0.4, 0.5) is 0 Å². The predicted octanol–water partition coefficient (Wildman–Crippen LogP) is 1.69. The lowest BCUT2D eigenvalue weighted by Crippen LogP contribution is -2.33. The first-order valence-electron chi connectivity index (χ1n) is 7.81. The van der Waals surface area contributed by atoms with E-state index in [1.807, 2.05) is 18.2 Å². The number of carbonyl (C=O) groups excluding carboxylic acids is 1. The molecular weight excluding hydrogens is 308 g/mol. The first kappa shape index (κ1) is 14.6. The maximum Gasteiger partial charge on any atom is 0.249 e. The van der Waals surface area contributed by atoms with Crippen molar-refractivity contribution < 1.29 is 9.32 Å². The lowest BCUT2D eigenvalue weighted by molar-refractivity contribution is -0.133. The van der Waals surface area contributed by atoms with E-state index < -0.39 is 0 Å². The highest BCUT2D eigenvalue weighted by molar-refractivity contribution is 5.76. The average Bonchev–Trinajstić information content (AvgIpc) is 3.36. The van der Waals surface area contributed by atoms with Crippen LogP contribution in [0.2, 0.25) is 0 Å². The molecule has 1 atom stereocenters. The minimum Gasteiger partial charge on any atom is -0.337 e. The minimum atomic E-state index is -0.175. The number of hydrogen-bond acceptors (Lipinski definition) is 6. The van der Waals surface area contributed by atoms with Crippen LogP contribution in [0.3, 0.4) is 0 Å². The van der Waals surface area contributed by atoms with Crippen molar-refractivity contribution in [3.63, 3.8) is 0 Å². The van der Waals surface area contributed by atoms with E-state index in [9.17, 15) is 4.79 Å². The number of amides is 1. The zero-order valence-electron chi connectivity index (χ0n) is 12.9. The second-order valence-corrected chi connectivity index (χ2v) is 5.65. The fourth-order valence-corrected chi connectivity index (χ4v) is 2.92. The number of imidazole rings is 1. The Morgan fingerprint density at radius 1 is 1.33 bits per heavy atom. The Morgan fingerprint density at radius 2 is 2.29 bits per heavy atom. The van der Waals surface area contributed by atoms with Crippen molar-refractivity contribution in [3.8, 4) is 11.5 Å². The van der Waals surface area contributed by atoms with E-state index >= 15 is 0 Å². The molecule has 0 unspecified atom stereocenters. The van der Waals surface area contributed by atoms with E-state index in [0.717, 1.165) is 12.8 Å². The molecule has 0 aliphatic carbocycles. The SMILES string of the molecule is O=C(Cn1ccnc1)N1CCC[C@@H]1c1nc(-c2ccccn2)no1. The summed E-state index contributed by atoms with van der Waals surface area (Å²) in [5.74, 6) is 0.930. The van der Waals surface area contributed by atoms with Crippen molar-refractivity contribution in [2.45, 2.75) is 25.4 Å². The number of carbonyl (C=O) groups is 1. The lowest BCUT2D eigenvalue weighted by atomic mass is 10.2. The molecule has 24 heavy (non-hydrogen) atoms. The molecule has 122 valence electrons. The van der Waals surface area contributed by atoms with Gasteiger partial charge in [-0.1, -0.05) is 11.2 Å². The van der Waals surface area contributed by atoms with Crippen LogP contribution in [-0.2, 0) is 11.3 Å². The number of nitrogens with zero attached hydrogens (tertiary/aromatic N) is 6. The standard InChI is InChI=1S/C16H16N6O2/c23-14(10-21-9-7-17-11-21)22-8-3-5-13(22)16-19-15(20-24-16)12-4-1-2-6-18-12/h1-2,4,6-7,9,11,13H,3,5,8,10H2/t13-/m1/s1. The van der Waals surface area contributed by atoms with E-state index in [-0.39, 0.29) is 18.5 Å². The number of hydrogen-bond donors (Lipinski definition) is 0. The van der Waals surface area contributed by atoms with Gasteiger partial charge in [-0.3, -0.25) is 9.78 Å². The van der Waals surface area contributed by atoms with Gasteiger partial charge in [0.25, 0.3) is 0 Å². The summed E-state index contributed by atoms with van der Waals surface area (Å²) in [4.78, 5) is 27.0. The summed E-state index contributed by atoms with van der Waals surface area (Å²) in [5.41, 5.74) is 0.654. The molecule has 4 rings (SSSR count). The highest BCUT2D eigenvalue weighted by Crippen LogP contribution is 2.32. The summed E-state index contributed by atoms with van der Waals surface area (Å²) in [5, 5.41) is 4.00. The fraction of sp³-hybridized carbons (Fsp3) is 0.312. The van der Waals surface area contributed by atoms with E-state index in [0.29, 0.717) is 24.0 Å². The van der Waals surface area contributed by atoms with Crippen molar-refractivity contribution in [2.24, 2.45) is 0 Å². The third-order valence-electron chi connectivity index (χ3n) is 4.07. The van der Waals surface area contributed by atoms with Crippen molar-refractivity contribution in [1.29, 1.82) is 0 Å².